The Hall–Kier alpha value is -2.97. The lowest BCUT2D eigenvalue weighted by atomic mass is 10.2. The molecule has 0 amide bonds. The Bertz CT molecular complexity index is 1060. The van der Waals surface area contributed by atoms with Crippen molar-refractivity contribution in [3.8, 4) is 0 Å². The summed E-state index contributed by atoms with van der Waals surface area (Å²) in [7, 11) is -3.77. The van der Waals surface area contributed by atoms with Gasteiger partial charge >= 0.3 is 5.97 Å². The summed E-state index contributed by atoms with van der Waals surface area (Å²) in [6, 6.07) is 14.9. The predicted molar refractivity (Wildman–Crippen MR) is 102 cm³/mol. The Morgan fingerprint density at radius 2 is 1.86 bits per heavy atom. The highest BCUT2D eigenvalue weighted by atomic mass is 32.2. The van der Waals surface area contributed by atoms with Gasteiger partial charge in [-0.05, 0) is 37.6 Å². The minimum Gasteiger partial charge on any atom is -0.457 e. The number of hydrogen-bond acceptors (Lipinski definition) is 6. The van der Waals surface area contributed by atoms with E-state index >= 15 is 0 Å². The number of rotatable bonds is 7. The molecule has 2 aromatic carbocycles. The maximum absolute atomic E-state index is 12.5. The van der Waals surface area contributed by atoms with Gasteiger partial charge in [0.05, 0.1) is 21.7 Å². The van der Waals surface area contributed by atoms with Gasteiger partial charge in [0.1, 0.15) is 12.4 Å². The van der Waals surface area contributed by atoms with E-state index in [1.54, 1.807) is 13.8 Å². The van der Waals surface area contributed by atoms with Gasteiger partial charge in [0.15, 0.2) is 0 Å². The van der Waals surface area contributed by atoms with Crippen molar-refractivity contribution in [1.82, 2.24) is 9.88 Å². The molecule has 7 nitrogen and oxygen atoms in total. The van der Waals surface area contributed by atoms with Crippen LogP contribution in [-0.2, 0) is 27.9 Å². The SMILES string of the molecule is Cc1noc(C)c1COC(=O)c1cccc(S(=O)(=O)NCc2ccccc2)c1. The van der Waals surface area contributed by atoms with Gasteiger partial charge in [0.25, 0.3) is 0 Å². The summed E-state index contributed by atoms with van der Waals surface area (Å²) < 4.78 is 37.9. The molecule has 0 spiro atoms. The van der Waals surface area contributed by atoms with Gasteiger partial charge in [-0.25, -0.2) is 17.9 Å². The molecular weight excluding hydrogens is 380 g/mol. The average Bonchev–Trinajstić information content (AvgIpc) is 3.03. The summed E-state index contributed by atoms with van der Waals surface area (Å²) in [6.45, 7) is 3.65. The van der Waals surface area contributed by atoms with Crippen molar-refractivity contribution in [3.05, 3.63) is 82.7 Å². The quantitative estimate of drug-likeness (QED) is 0.612. The third-order valence-electron chi connectivity index (χ3n) is 4.22. The molecule has 1 heterocycles. The molecule has 0 bridgehead atoms. The van der Waals surface area contributed by atoms with Crippen molar-refractivity contribution in [3.63, 3.8) is 0 Å². The second-order valence-electron chi connectivity index (χ2n) is 6.22. The van der Waals surface area contributed by atoms with Crippen molar-refractivity contribution in [2.24, 2.45) is 0 Å². The molecule has 3 rings (SSSR count). The molecule has 0 aliphatic carbocycles. The minimum atomic E-state index is -3.77. The predicted octanol–water partition coefficient (Wildman–Crippen LogP) is 3.13. The molecule has 0 atom stereocenters. The standard InChI is InChI=1S/C20H20N2O5S/c1-14-19(15(2)27-22-14)13-26-20(23)17-9-6-10-18(11-17)28(24,25)21-12-16-7-4-3-5-8-16/h3-11,21H,12-13H2,1-2H3. The number of carbonyl (C=O) groups excluding carboxylic acids is 1. The van der Waals surface area contributed by atoms with Gasteiger partial charge in [-0.1, -0.05) is 41.6 Å². The first-order valence-corrected chi connectivity index (χ1v) is 10.1. The number of aromatic nitrogens is 1. The lowest BCUT2D eigenvalue weighted by molar-refractivity contribution is 0.0470. The monoisotopic (exact) mass is 400 g/mol. The summed E-state index contributed by atoms with van der Waals surface area (Å²) in [5.74, 6) is -0.0492. The van der Waals surface area contributed by atoms with E-state index in [2.05, 4.69) is 9.88 Å². The van der Waals surface area contributed by atoms with Crippen LogP contribution in [0.4, 0.5) is 0 Å². The van der Waals surface area contributed by atoms with E-state index in [1.165, 1.54) is 24.3 Å². The number of nitrogens with zero attached hydrogens (tertiary/aromatic N) is 1. The first-order valence-electron chi connectivity index (χ1n) is 8.59. The Kier molecular flexibility index (Phi) is 5.91. The Balaban J connectivity index is 1.69. The molecule has 1 aromatic heterocycles. The van der Waals surface area contributed by atoms with E-state index in [4.69, 9.17) is 9.26 Å². The lowest BCUT2D eigenvalue weighted by Crippen LogP contribution is -2.23. The van der Waals surface area contributed by atoms with Crippen LogP contribution >= 0.6 is 0 Å². The normalized spacial score (nSPS) is 11.4. The van der Waals surface area contributed by atoms with E-state index in [-0.39, 0.29) is 23.6 Å². The first kappa shape index (κ1) is 19.8. The van der Waals surface area contributed by atoms with Crippen LogP contribution in [0.2, 0.25) is 0 Å². The van der Waals surface area contributed by atoms with Crippen molar-refractivity contribution in [2.75, 3.05) is 0 Å². The van der Waals surface area contributed by atoms with Gasteiger partial charge in [-0.15, -0.1) is 0 Å². The molecule has 0 aliphatic rings. The molecular formula is C20H20N2O5S. The molecule has 0 fully saturated rings. The topological polar surface area (TPSA) is 98.5 Å². The number of hydrogen-bond donors (Lipinski definition) is 1. The van der Waals surface area contributed by atoms with Crippen LogP contribution in [0.25, 0.3) is 0 Å². The molecule has 8 heteroatoms. The molecule has 0 unspecified atom stereocenters. The highest BCUT2D eigenvalue weighted by molar-refractivity contribution is 7.89. The second-order valence-corrected chi connectivity index (χ2v) is 7.98. The van der Waals surface area contributed by atoms with Crippen molar-refractivity contribution >= 4 is 16.0 Å². The van der Waals surface area contributed by atoms with Crippen molar-refractivity contribution in [1.29, 1.82) is 0 Å². The van der Waals surface area contributed by atoms with Crippen LogP contribution in [0.1, 0.15) is 32.9 Å². The van der Waals surface area contributed by atoms with Crippen molar-refractivity contribution in [2.45, 2.75) is 31.9 Å². The maximum atomic E-state index is 12.5. The summed E-state index contributed by atoms with van der Waals surface area (Å²) in [4.78, 5) is 12.3. The highest BCUT2D eigenvalue weighted by Gasteiger charge is 2.18. The summed E-state index contributed by atoms with van der Waals surface area (Å²) >= 11 is 0. The van der Waals surface area contributed by atoms with E-state index < -0.39 is 16.0 Å². The molecule has 0 aliphatic heterocycles. The van der Waals surface area contributed by atoms with Crippen LogP contribution in [0.15, 0.2) is 64.0 Å². The van der Waals surface area contributed by atoms with Crippen LogP contribution < -0.4 is 4.72 Å². The third-order valence-corrected chi connectivity index (χ3v) is 5.62. The molecule has 146 valence electrons. The summed E-state index contributed by atoms with van der Waals surface area (Å²) in [5.41, 5.74) is 2.32. The number of nitrogens with one attached hydrogen (secondary N) is 1. The number of carbonyl (C=O) groups is 1. The second kappa shape index (κ2) is 8.37. The van der Waals surface area contributed by atoms with Crippen LogP contribution in [0, 0.1) is 13.8 Å². The van der Waals surface area contributed by atoms with Crippen molar-refractivity contribution < 1.29 is 22.5 Å². The summed E-state index contributed by atoms with van der Waals surface area (Å²) in [5, 5.41) is 3.80. The average molecular weight is 400 g/mol. The van der Waals surface area contributed by atoms with E-state index in [0.29, 0.717) is 17.0 Å². The number of esters is 1. The van der Waals surface area contributed by atoms with Crippen LogP contribution in [0.5, 0.6) is 0 Å². The molecule has 3 aromatic rings. The Morgan fingerprint density at radius 1 is 1.11 bits per heavy atom. The smallest absolute Gasteiger partial charge is 0.338 e. The third kappa shape index (κ3) is 4.65. The fourth-order valence-corrected chi connectivity index (χ4v) is 3.64. The minimum absolute atomic E-state index is 0.00321. The number of ether oxygens (including phenoxy) is 1. The van der Waals surface area contributed by atoms with Gasteiger partial charge in [0.2, 0.25) is 10.0 Å². The zero-order valence-electron chi connectivity index (χ0n) is 15.5. The number of aryl methyl sites for hydroxylation is 2. The first-order chi connectivity index (χ1) is 13.4. The van der Waals surface area contributed by atoms with E-state index in [9.17, 15) is 13.2 Å². The molecule has 1 N–H and O–H groups in total. The largest absolute Gasteiger partial charge is 0.457 e. The van der Waals surface area contributed by atoms with E-state index in [0.717, 1.165) is 5.56 Å². The Morgan fingerprint density at radius 3 is 2.54 bits per heavy atom. The van der Waals surface area contributed by atoms with Gasteiger partial charge in [-0.3, -0.25) is 0 Å². The maximum Gasteiger partial charge on any atom is 0.338 e. The molecule has 0 saturated heterocycles. The molecule has 28 heavy (non-hydrogen) atoms. The van der Waals surface area contributed by atoms with Crippen LogP contribution in [-0.4, -0.2) is 19.5 Å². The summed E-state index contributed by atoms with van der Waals surface area (Å²) in [6.07, 6.45) is 0. The van der Waals surface area contributed by atoms with Gasteiger partial charge in [-0.2, -0.15) is 0 Å². The van der Waals surface area contributed by atoms with Gasteiger partial charge < -0.3 is 9.26 Å². The van der Waals surface area contributed by atoms with E-state index in [1.807, 2.05) is 30.3 Å². The fraction of sp³-hybridized carbons (Fsp3) is 0.200. The fourth-order valence-electron chi connectivity index (χ4n) is 2.58. The Labute approximate surface area is 163 Å². The molecule has 0 saturated carbocycles. The zero-order chi connectivity index (χ0) is 20.1. The lowest BCUT2D eigenvalue weighted by Gasteiger charge is -2.09. The number of sulfonamides is 1. The number of benzene rings is 2. The molecule has 0 radical (unpaired) electrons. The highest BCUT2D eigenvalue weighted by Crippen LogP contribution is 2.16. The zero-order valence-corrected chi connectivity index (χ0v) is 16.3. The van der Waals surface area contributed by atoms with Gasteiger partial charge in [0, 0.05) is 6.54 Å². The van der Waals surface area contributed by atoms with Crippen LogP contribution in [0.3, 0.4) is 0 Å².